The molecule has 2 rings (SSSR count). The average molecular weight is 300 g/mol. The third-order valence-electron chi connectivity index (χ3n) is 3.29. The van der Waals surface area contributed by atoms with E-state index in [1.807, 2.05) is 6.07 Å². The zero-order valence-corrected chi connectivity index (χ0v) is 12.1. The number of hydrogen-bond donors (Lipinski definition) is 1. The molecule has 1 atom stereocenters. The van der Waals surface area contributed by atoms with Crippen molar-refractivity contribution in [2.45, 2.75) is 35.9 Å². The zero-order chi connectivity index (χ0) is 13.9. The van der Waals surface area contributed by atoms with Gasteiger partial charge in [-0.3, -0.25) is 0 Å². The van der Waals surface area contributed by atoms with Crippen LogP contribution in [0.1, 0.15) is 30.6 Å². The molecule has 1 unspecified atom stereocenters. The standard InChI is InChI=1S/C12H16N2O3S2/c13-8-11-5-6-12(18-11)19(16,17)14-7-3-1-2-4-10(14)9-15/h5-6,10,15H,1-4,7,9H2. The molecule has 0 radical (unpaired) electrons. The molecule has 19 heavy (non-hydrogen) atoms. The monoisotopic (exact) mass is 300 g/mol. The fourth-order valence-corrected chi connectivity index (χ4v) is 5.20. The van der Waals surface area contributed by atoms with Crippen LogP contribution in [0.25, 0.3) is 0 Å². The minimum Gasteiger partial charge on any atom is -0.395 e. The van der Waals surface area contributed by atoms with E-state index in [1.165, 1.54) is 16.4 Å². The third-order valence-corrected chi connectivity index (χ3v) is 6.70. The van der Waals surface area contributed by atoms with Crippen LogP contribution in [0.4, 0.5) is 0 Å². The molecule has 7 heteroatoms. The van der Waals surface area contributed by atoms with Crippen molar-refractivity contribution in [3.05, 3.63) is 17.0 Å². The summed E-state index contributed by atoms with van der Waals surface area (Å²) in [6.07, 6.45) is 3.42. The predicted octanol–water partition coefficient (Wildman–Crippen LogP) is 1.55. The molecule has 1 fully saturated rings. The molecular weight excluding hydrogens is 284 g/mol. The van der Waals surface area contributed by atoms with E-state index in [2.05, 4.69) is 0 Å². The normalized spacial score (nSPS) is 21.8. The van der Waals surface area contributed by atoms with Crippen LogP contribution in [0, 0.1) is 11.3 Å². The van der Waals surface area contributed by atoms with Crippen LogP contribution in [-0.4, -0.2) is 37.0 Å². The second-order valence-corrected chi connectivity index (χ2v) is 7.73. The van der Waals surface area contributed by atoms with Gasteiger partial charge in [0.25, 0.3) is 10.0 Å². The summed E-state index contributed by atoms with van der Waals surface area (Å²) in [5.41, 5.74) is 0. The Labute approximate surface area is 117 Å². The number of thiophene rings is 1. The number of hydrogen-bond acceptors (Lipinski definition) is 5. The predicted molar refractivity (Wildman–Crippen MR) is 72.3 cm³/mol. The molecule has 1 aliphatic heterocycles. The maximum atomic E-state index is 12.6. The molecular formula is C12H16N2O3S2. The largest absolute Gasteiger partial charge is 0.395 e. The van der Waals surface area contributed by atoms with Gasteiger partial charge >= 0.3 is 0 Å². The zero-order valence-electron chi connectivity index (χ0n) is 10.4. The first-order chi connectivity index (χ1) is 9.09. The molecule has 0 aliphatic carbocycles. The van der Waals surface area contributed by atoms with Crippen LogP contribution in [0.3, 0.4) is 0 Å². The molecule has 1 aromatic rings. The smallest absolute Gasteiger partial charge is 0.252 e. The van der Waals surface area contributed by atoms with Crippen molar-refractivity contribution in [3.63, 3.8) is 0 Å². The molecule has 1 N–H and O–H groups in total. The van der Waals surface area contributed by atoms with Crippen LogP contribution >= 0.6 is 11.3 Å². The molecule has 5 nitrogen and oxygen atoms in total. The maximum absolute atomic E-state index is 12.6. The fourth-order valence-electron chi connectivity index (χ4n) is 2.28. The highest BCUT2D eigenvalue weighted by Gasteiger charge is 2.33. The van der Waals surface area contributed by atoms with Gasteiger partial charge in [0, 0.05) is 12.6 Å². The Bertz CT molecular complexity index is 574. The Morgan fingerprint density at radius 3 is 2.84 bits per heavy atom. The number of aliphatic hydroxyl groups excluding tert-OH is 1. The third kappa shape index (κ3) is 2.98. The van der Waals surface area contributed by atoms with Gasteiger partial charge < -0.3 is 5.11 Å². The highest BCUT2D eigenvalue weighted by Crippen LogP contribution is 2.28. The minimum absolute atomic E-state index is 0.157. The van der Waals surface area contributed by atoms with E-state index in [0.29, 0.717) is 17.8 Å². The number of nitrogens with zero attached hydrogens (tertiary/aromatic N) is 2. The van der Waals surface area contributed by atoms with Crippen LogP contribution in [0.2, 0.25) is 0 Å². The Hall–Kier alpha value is -0.940. The fraction of sp³-hybridized carbons (Fsp3) is 0.583. The Morgan fingerprint density at radius 1 is 1.42 bits per heavy atom. The van der Waals surface area contributed by atoms with Gasteiger partial charge in [0.05, 0.1) is 6.61 Å². The Balaban J connectivity index is 2.33. The van der Waals surface area contributed by atoms with Crippen molar-refractivity contribution >= 4 is 21.4 Å². The number of sulfonamides is 1. The molecule has 0 spiro atoms. The second-order valence-electron chi connectivity index (χ2n) is 4.53. The SMILES string of the molecule is N#Cc1ccc(S(=O)(=O)N2CCCCCC2CO)s1. The van der Waals surface area contributed by atoms with Gasteiger partial charge in [-0.15, -0.1) is 11.3 Å². The lowest BCUT2D eigenvalue weighted by atomic mass is 10.1. The van der Waals surface area contributed by atoms with E-state index in [1.54, 1.807) is 0 Å². The lowest BCUT2D eigenvalue weighted by Gasteiger charge is -2.26. The highest BCUT2D eigenvalue weighted by atomic mass is 32.2. The summed E-state index contributed by atoms with van der Waals surface area (Å²) < 4.78 is 26.7. The van der Waals surface area contributed by atoms with Gasteiger partial charge in [-0.05, 0) is 25.0 Å². The maximum Gasteiger partial charge on any atom is 0.252 e. The summed E-state index contributed by atoms with van der Waals surface area (Å²) in [6, 6.07) is 4.59. The topological polar surface area (TPSA) is 81.4 Å². The summed E-state index contributed by atoms with van der Waals surface area (Å²) in [6.45, 7) is 0.281. The lowest BCUT2D eigenvalue weighted by molar-refractivity contribution is 0.186. The number of nitriles is 1. The van der Waals surface area contributed by atoms with Gasteiger partial charge in [-0.25, -0.2) is 8.42 Å². The van der Waals surface area contributed by atoms with Gasteiger partial charge in [0.2, 0.25) is 0 Å². The van der Waals surface area contributed by atoms with Crippen molar-refractivity contribution < 1.29 is 13.5 Å². The van der Waals surface area contributed by atoms with E-state index in [0.717, 1.165) is 30.6 Å². The average Bonchev–Trinajstić information content (AvgIpc) is 2.76. The van der Waals surface area contributed by atoms with Crippen LogP contribution in [0.5, 0.6) is 0 Å². The molecule has 0 amide bonds. The lowest BCUT2D eigenvalue weighted by Crippen LogP contribution is -2.41. The second kappa shape index (κ2) is 6.01. The van der Waals surface area contributed by atoms with E-state index in [-0.39, 0.29) is 16.9 Å². The number of rotatable bonds is 3. The summed E-state index contributed by atoms with van der Waals surface area (Å²) in [4.78, 5) is 0.383. The molecule has 1 aliphatic rings. The van der Waals surface area contributed by atoms with Gasteiger partial charge in [-0.2, -0.15) is 9.57 Å². The van der Waals surface area contributed by atoms with Crippen LogP contribution in [0.15, 0.2) is 16.3 Å². The van der Waals surface area contributed by atoms with Gasteiger partial charge in [-0.1, -0.05) is 12.8 Å². The van der Waals surface area contributed by atoms with Crippen molar-refractivity contribution in [2.75, 3.05) is 13.2 Å². The first-order valence-corrected chi connectivity index (χ1v) is 8.48. The summed E-state index contributed by atoms with van der Waals surface area (Å²) in [5, 5.41) is 18.2. The van der Waals surface area contributed by atoms with Crippen LogP contribution < -0.4 is 0 Å². The summed E-state index contributed by atoms with van der Waals surface area (Å²) in [7, 11) is -3.60. The molecule has 0 aromatic carbocycles. The number of aliphatic hydroxyl groups is 1. The molecule has 1 aromatic heterocycles. The van der Waals surface area contributed by atoms with E-state index >= 15 is 0 Å². The molecule has 1 saturated heterocycles. The van der Waals surface area contributed by atoms with Crippen LogP contribution in [-0.2, 0) is 10.0 Å². The quantitative estimate of drug-likeness (QED) is 0.918. The van der Waals surface area contributed by atoms with E-state index < -0.39 is 10.0 Å². The van der Waals surface area contributed by atoms with E-state index in [4.69, 9.17) is 5.26 Å². The van der Waals surface area contributed by atoms with E-state index in [9.17, 15) is 13.5 Å². The Morgan fingerprint density at radius 2 is 2.21 bits per heavy atom. The van der Waals surface area contributed by atoms with Crippen molar-refractivity contribution in [2.24, 2.45) is 0 Å². The van der Waals surface area contributed by atoms with Crippen molar-refractivity contribution in [1.82, 2.24) is 4.31 Å². The summed E-state index contributed by atoms with van der Waals surface area (Å²) in [5.74, 6) is 0. The van der Waals surface area contributed by atoms with Gasteiger partial charge in [0.15, 0.2) is 0 Å². The molecule has 0 bridgehead atoms. The molecule has 104 valence electrons. The molecule has 2 heterocycles. The minimum atomic E-state index is -3.60. The van der Waals surface area contributed by atoms with Gasteiger partial charge in [0.1, 0.15) is 15.2 Å². The van der Waals surface area contributed by atoms with Crippen molar-refractivity contribution in [1.29, 1.82) is 5.26 Å². The summed E-state index contributed by atoms with van der Waals surface area (Å²) >= 11 is 0.980. The highest BCUT2D eigenvalue weighted by molar-refractivity contribution is 7.91. The first-order valence-electron chi connectivity index (χ1n) is 6.22. The van der Waals surface area contributed by atoms with Crippen molar-refractivity contribution in [3.8, 4) is 6.07 Å². The molecule has 0 saturated carbocycles. The Kier molecular flexibility index (Phi) is 4.58. The first kappa shape index (κ1) is 14.5.